The molecule has 0 heterocycles. The summed E-state index contributed by atoms with van der Waals surface area (Å²) >= 11 is 0. The Balaban J connectivity index is 0. The van der Waals surface area contributed by atoms with E-state index in [1.165, 1.54) is 77.0 Å². The maximum Gasteiger partial charge on any atom is 0.0594 e. The third-order valence-corrected chi connectivity index (χ3v) is 10.0. The summed E-state index contributed by atoms with van der Waals surface area (Å²) in [5.74, 6) is 0. The van der Waals surface area contributed by atoms with Crippen LogP contribution in [0.3, 0.4) is 0 Å². The van der Waals surface area contributed by atoms with Crippen LogP contribution in [0.2, 0.25) is 0 Å². The molecule has 0 aliphatic carbocycles. The van der Waals surface area contributed by atoms with Gasteiger partial charge >= 0.3 is 0 Å². The Hall–Kier alpha value is 0.720. The highest BCUT2D eigenvalue weighted by Crippen LogP contribution is 2.61. The summed E-state index contributed by atoms with van der Waals surface area (Å²) in [4.78, 5) is 0. The third-order valence-electron chi connectivity index (χ3n) is 4.94. The van der Waals surface area contributed by atoms with Crippen molar-refractivity contribution < 1.29 is 12.4 Å². The summed E-state index contributed by atoms with van der Waals surface area (Å²) in [6.45, 7) is 9.42. The molecule has 0 nitrogen and oxygen atoms in total. The zero-order valence-electron chi connectivity index (χ0n) is 16.1. The van der Waals surface area contributed by atoms with E-state index in [1.807, 2.05) is 0 Å². The normalized spacial score (nSPS) is 11.5. The molecule has 0 saturated carbocycles. The van der Waals surface area contributed by atoms with Crippen molar-refractivity contribution in [2.24, 2.45) is 0 Å². The second-order valence-corrected chi connectivity index (χ2v) is 11.5. The summed E-state index contributed by atoms with van der Waals surface area (Å²) < 4.78 is 0. The Labute approximate surface area is 149 Å². The van der Waals surface area contributed by atoms with E-state index >= 15 is 0 Å². The van der Waals surface area contributed by atoms with Crippen LogP contribution < -0.4 is 12.4 Å². The predicted molar refractivity (Wildman–Crippen MR) is 104 cm³/mol. The molecular weight excluding hydrogens is 307 g/mol. The van der Waals surface area contributed by atoms with Crippen LogP contribution in [0.25, 0.3) is 0 Å². The lowest BCUT2D eigenvalue weighted by Crippen LogP contribution is -3.00. The molecule has 0 atom stereocenters. The number of unbranched alkanes of at least 4 members (excludes halogenated alkanes) is 8. The summed E-state index contributed by atoms with van der Waals surface area (Å²) in [7, 11) is -0.610. The third kappa shape index (κ3) is 13.2. The first-order valence-corrected chi connectivity index (χ1v) is 12.6. The van der Waals surface area contributed by atoms with Gasteiger partial charge in [0.25, 0.3) is 0 Å². The SMILES string of the molecule is CCCCCC[P+](CCCC)(CCCC)CCCCCC.[Cl-]. The lowest BCUT2D eigenvalue weighted by molar-refractivity contribution is -0.00000491. The van der Waals surface area contributed by atoms with Gasteiger partial charge in [0.2, 0.25) is 0 Å². The Bertz CT molecular complexity index is 184. The van der Waals surface area contributed by atoms with Crippen molar-refractivity contribution >= 4 is 7.26 Å². The van der Waals surface area contributed by atoms with Gasteiger partial charge in [0.05, 0.1) is 24.6 Å². The van der Waals surface area contributed by atoms with Gasteiger partial charge in [-0.05, 0) is 38.5 Å². The minimum atomic E-state index is -0.610. The topological polar surface area (TPSA) is 0 Å². The number of rotatable bonds is 16. The van der Waals surface area contributed by atoms with Crippen LogP contribution in [0.15, 0.2) is 0 Å². The van der Waals surface area contributed by atoms with Gasteiger partial charge in [-0.3, -0.25) is 0 Å². The highest BCUT2D eigenvalue weighted by Gasteiger charge is 2.34. The second-order valence-electron chi connectivity index (χ2n) is 7.06. The molecular formula is C20H44ClP. The van der Waals surface area contributed by atoms with Crippen molar-refractivity contribution in [1.29, 1.82) is 0 Å². The molecule has 0 radical (unpaired) electrons. The Kier molecular flexibility index (Phi) is 20.5. The smallest absolute Gasteiger partial charge is 0.0594 e. The predicted octanol–water partition coefficient (Wildman–Crippen LogP) is 4.77. The van der Waals surface area contributed by atoms with Crippen molar-refractivity contribution in [3.05, 3.63) is 0 Å². The second kappa shape index (κ2) is 18.1. The fraction of sp³-hybridized carbons (Fsp3) is 1.00. The van der Waals surface area contributed by atoms with Crippen LogP contribution in [0, 0.1) is 0 Å². The Morgan fingerprint density at radius 2 is 0.727 bits per heavy atom. The zero-order chi connectivity index (χ0) is 15.8. The van der Waals surface area contributed by atoms with Crippen molar-refractivity contribution in [3.63, 3.8) is 0 Å². The summed E-state index contributed by atoms with van der Waals surface area (Å²) in [6, 6.07) is 0. The number of halogens is 1. The molecule has 0 N–H and O–H groups in total. The van der Waals surface area contributed by atoms with Crippen molar-refractivity contribution in [3.8, 4) is 0 Å². The van der Waals surface area contributed by atoms with Gasteiger partial charge in [0.1, 0.15) is 0 Å². The van der Waals surface area contributed by atoms with E-state index in [0.717, 1.165) is 0 Å². The van der Waals surface area contributed by atoms with Crippen LogP contribution in [0.4, 0.5) is 0 Å². The van der Waals surface area contributed by atoms with E-state index in [-0.39, 0.29) is 12.4 Å². The molecule has 0 aromatic rings. The molecule has 22 heavy (non-hydrogen) atoms. The number of hydrogen-bond donors (Lipinski definition) is 0. The fourth-order valence-corrected chi connectivity index (χ4v) is 8.51. The molecule has 0 aromatic heterocycles. The van der Waals surface area contributed by atoms with Crippen LogP contribution in [-0.2, 0) is 0 Å². The van der Waals surface area contributed by atoms with E-state index in [9.17, 15) is 0 Å². The molecule has 0 aliphatic heterocycles. The molecule has 0 amide bonds. The molecule has 0 fully saturated rings. The van der Waals surface area contributed by atoms with Gasteiger partial charge < -0.3 is 12.4 Å². The van der Waals surface area contributed by atoms with E-state index in [2.05, 4.69) is 27.7 Å². The van der Waals surface area contributed by atoms with Crippen LogP contribution in [-0.4, -0.2) is 24.6 Å². The van der Waals surface area contributed by atoms with Gasteiger partial charge in [-0.15, -0.1) is 0 Å². The van der Waals surface area contributed by atoms with Gasteiger partial charge in [-0.1, -0.05) is 66.2 Å². The highest BCUT2D eigenvalue weighted by atomic mass is 35.5. The molecule has 0 rings (SSSR count). The quantitative estimate of drug-likeness (QED) is 0.278. The van der Waals surface area contributed by atoms with Crippen molar-refractivity contribution in [2.45, 2.75) is 105 Å². The lowest BCUT2D eigenvalue weighted by atomic mass is 10.2. The first-order chi connectivity index (χ1) is 10.2. The van der Waals surface area contributed by atoms with E-state index in [1.54, 1.807) is 24.6 Å². The van der Waals surface area contributed by atoms with Crippen molar-refractivity contribution in [2.75, 3.05) is 24.6 Å². The highest BCUT2D eigenvalue weighted by molar-refractivity contribution is 7.75. The average Bonchev–Trinajstić information content (AvgIpc) is 2.51. The first kappa shape index (κ1) is 25.0. The molecule has 0 bridgehead atoms. The van der Waals surface area contributed by atoms with E-state index in [0.29, 0.717) is 0 Å². The monoisotopic (exact) mass is 350 g/mol. The van der Waals surface area contributed by atoms with Crippen molar-refractivity contribution in [1.82, 2.24) is 0 Å². The van der Waals surface area contributed by atoms with Gasteiger partial charge in [0.15, 0.2) is 0 Å². The standard InChI is InChI=1S/C20H44P.ClH/c1-5-9-13-15-19-21(17-11-7-3,18-12-8-4)20-16-14-10-6-2;/h5-20H2,1-4H3;1H/q+1;/p-1. The molecule has 0 unspecified atom stereocenters. The van der Waals surface area contributed by atoms with Gasteiger partial charge in [-0.25, -0.2) is 0 Å². The lowest BCUT2D eigenvalue weighted by Gasteiger charge is -2.28. The molecule has 2 heteroatoms. The summed E-state index contributed by atoms with van der Waals surface area (Å²) in [5, 5.41) is 0. The maximum atomic E-state index is 2.38. The Morgan fingerprint density at radius 3 is 1.05 bits per heavy atom. The molecule has 0 aromatic carbocycles. The minimum Gasteiger partial charge on any atom is -1.00 e. The molecule has 0 saturated heterocycles. The molecule has 0 aliphatic rings. The molecule has 136 valence electrons. The first-order valence-electron chi connectivity index (χ1n) is 10.1. The van der Waals surface area contributed by atoms with Crippen LogP contribution in [0.5, 0.6) is 0 Å². The minimum absolute atomic E-state index is 0. The van der Waals surface area contributed by atoms with E-state index < -0.39 is 7.26 Å². The summed E-state index contributed by atoms with van der Waals surface area (Å²) in [5.41, 5.74) is 0. The zero-order valence-corrected chi connectivity index (χ0v) is 17.8. The van der Waals surface area contributed by atoms with E-state index in [4.69, 9.17) is 0 Å². The van der Waals surface area contributed by atoms with Crippen LogP contribution in [0.1, 0.15) is 105 Å². The fourth-order valence-electron chi connectivity index (χ4n) is 3.41. The largest absolute Gasteiger partial charge is 1.00 e. The average molecular weight is 351 g/mol. The summed E-state index contributed by atoms with van der Waals surface area (Å²) in [6.07, 6.45) is 24.0. The van der Waals surface area contributed by atoms with Gasteiger partial charge in [-0.2, -0.15) is 0 Å². The Morgan fingerprint density at radius 1 is 0.409 bits per heavy atom. The van der Waals surface area contributed by atoms with Gasteiger partial charge in [0, 0.05) is 7.26 Å². The maximum absolute atomic E-state index is 2.38. The van der Waals surface area contributed by atoms with Crippen LogP contribution >= 0.6 is 7.26 Å². The molecule has 0 spiro atoms. The number of hydrogen-bond acceptors (Lipinski definition) is 0.